The summed E-state index contributed by atoms with van der Waals surface area (Å²) in [6.45, 7) is 0. The second-order valence-corrected chi connectivity index (χ2v) is 4.63. The van der Waals surface area contributed by atoms with E-state index in [0.717, 1.165) is 0 Å². The van der Waals surface area contributed by atoms with Gasteiger partial charge >= 0.3 is 5.97 Å². The van der Waals surface area contributed by atoms with Crippen LogP contribution in [-0.2, 0) is 4.79 Å². The number of carboxylic acids is 1. The van der Waals surface area contributed by atoms with Crippen molar-refractivity contribution < 1.29 is 14.8 Å². The Balaban J connectivity index is 2.60. The van der Waals surface area contributed by atoms with Crippen molar-refractivity contribution in [2.45, 2.75) is 0 Å². The molecule has 2 aromatic rings. The first-order valence-corrected chi connectivity index (χ1v) is 6.31. The van der Waals surface area contributed by atoms with Crippen LogP contribution in [-0.4, -0.2) is 16.0 Å². The van der Waals surface area contributed by atoms with Crippen molar-refractivity contribution in [1.29, 1.82) is 0 Å². The normalized spacial score (nSPS) is 11.2. The lowest BCUT2D eigenvalue weighted by Crippen LogP contribution is -2.03. The van der Waals surface area contributed by atoms with E-state index in [1.165, 1.54) is 24.3 Å². The van der Waals surface area contributed by atoms with Gasteiger partial charge in [0.05, 0.1) is 16.1 Å². The average molecular weight is 304 g/mol. The van der Waals surface area contributed by atoms with Crippen molar-refractivity contribution in [3.8, 4) is 0 Å². The maximum absolute atomic E-state index is 11.4. The third-order valence-corrected chi connectivity index (χ3v) is 3.02. The lowest BCUT2D eigenvalue weighted by atomic mass is 10.0. The third-order valence-electron chi connectivity index (χ3n) is 2.78. The molecule has 0 bridgehead atoms. The standard InChI is InChI=1S/C15H10ClNO4/c16-11-5-3-4-10(8-11)9-13(15(18)19)12-6-1-2-7-14(12)17(20)21/h1-9H,(H,18,19)/b13-9+. The Bertz CT molecular complexity index is 740. The topological polar surface area (TPSA) is 80.4 Å². The van der Waals surface area contributed by atoms with E-state index in [-0.39, 0.29) is 16.8 Å². The molecular weight excluding hydrogens is 294 g/mol. The molecule has 2 aromatic carbocycles. The van der Waals surface area contributed by atoms with Crippen molar-refractivity contribution in [3.63, 3.8) is 0 Å². The Hall–Kier alpha value is -2.66. The number of rotatable bonds is 4. The van der Waals surface area contributed by atoms with E-state index in [1.807, 2.05) is 0 Å². The van der Waals surface area contributed by atoms with Gasteiger partial charge in [0.2, 0.25) is 0 Å². The molecule has 0 aromatic heterocycles. The molecule has 2 rings (SSSR count). The molecule has 5 nitrogen and oxygen atoms in total. The van der Waals surface area contributed by atoms with Crippen molar-refractivity contribution in [1.82, 2.24) is 0 Å². The monoisotopic (exact) mass is 303 g/mol. The Morgan fingerprint density at radius 1 is 1.19 bits per heavy atom. The Kier molecular flexibility index (Phi) is 4.35. The number of hydrogen-bond acceptors (Lipinski definition) is 3. The molecule has 0 unspecified atom stereocenters. The third kappa shape index (κ3) is 3.46. The first kappa shape index (κ1) is 14.7. The second-order valence-electron chi connectivity index (χ2n) is 4.19. The first-order chi connectivity index (χ1) is 9.99. The number of carboxylic acid groups (broad SMARTS) is 1. The van der Waals surface area contributed by atoms with E-state index < -0.39 is 10.9 Å². The Morgan fingerprint density at radius 2 is 1.90 bits per heavy atom. The highest BCUT2D eigenvalue weighted by Gasteiger charge is 2.20. The highest BCUT2D eigenvalue weighted by atomic mass is 35.5. The number of nitrogens with zero attached hydrogens (tertiary/aromatic N) is 1. The van der Waals surface area contributed by atoms with Crippen LogP contribution in [0.3, 0.4) is 0 Å². The quantitative estimate of drug-likeness (QED) is 0.402. The van der Waals surface area contributed by atoms with Crippen LogP contribution in [0.25, 0.3) is 11.6 Å². The van der Waals surface area contributed by atoms with Gasteiger partial charge in [-0.15, -0.1) is 0 Å². The minimum absolute atomic E-state index is 0.0509. The number of hydrogen-bond donors (Lipinski definition) is 1. The molecule has 0 atom stereocenters. The second kappa shape index (κ2) is 6.19. The van der Waals surface area contributed by atoms with Crippen LogP contribution in [0, 0.1) is 10.1 Å². The number of para-hydroxylation sites is 1. The summed E-state index contributed by atoms with van der Waals surface area (Å²) >= 11 is 5.85. The fourth-order valence-corrected chi connectivity index (χ4v) is 2.08. The zero-order valence-electron chi connectivity index (χ0n) is 10.7. The summed E-state index contributed by atoms with van der Waals surface area (Å²) in [4.78, 5) is 21.9. The van der Waals surface area contributed by atoms with Crippen LogP contribution in [0.2, 0.25) is 5.02 Å². The molecule has 6 heteroatoms. The van der Waals surface area contributed by atoms with Crippen molar-refractivity contribution in [2.24, 2.45) is 0 Å². The molecule has 0 heterocycles. The lowest BCUT2D eigenvalue weighted by Gasteiger charge is -2.04. The number of halogens is 1. The summed E-state index contributed by atoms with van der Waals surface area (Å²) in [7, 11) is 0. The molecule has 106 valence electrons. The predicted molar refractivity (Wildman–Crippen MR) is 80.1 cm³/mol. The minimum Gasteiger partial charge on any atom is -0.478 e. The Morgan fingerprint density at radius 3 is 2.52 bits per heavy atom. The lowest BCUT2D eigenvalue weighted by molar-refractivity contribution is -0.385. The molecule has 0 aliphatic rings. The molecule has 0 fully saturated rings. The summed E-state index contributed by atoms with van der Waals surface area (Å²) in [5.74, 6) is -1.25. The number of nitro benzene ring substituents is 1. The summed E-state index contributed by atoms with van der Waals surface area (Å²) < 4.78 is 0. The van der Waals surface area contributed by atoms with Gasteiger partial charge < -0.3 is 5.11 Å². The molecular formula is C15H10ClNO4. The van der Waals surface area contributed by atoms with E-state index in [1.54, 1.807) is 30.3 Å². The van der Waals surface area contributed by atoms with Crippen LogP contribution in [0.15, 0.2) is 48.5 Å². The smallest absolute Gasteiger partial charge is 0.336 e. The fourth-order valence-electron chi connectivity index (χ4n) is 1.88. The highest BCUT2D eigenvalue weighted by Crippen LogP contribution is 2.28. The maximum Gasteiger partial charge on any atom is 0.336 e. The molecule has 0 spiro atoms. The summed E-state index contributed by atoms with van der Waals surface area (Å²) in [5.41, 5.74) is 0.186. The van der Waals surface area contributed by atoms with E-state index in [4.69, 9.17) is 11.6 Å². The molecule has 0 saturated heterocycles. The van der Waals surface area contributed by atoms with Crippen LogP contribution in [0.4, 0.5) is 5.69 Å². The van der Waals surface area contributed by atoms with E-state index >= 15 is 0 Å². The molecule has 21 heavy (non-hydrogen) atoms. The van der Waals surface area contributed by atoms with Gasteiger partial charge in [-0.1, -0.05) is 35.9 Å². The zero-order valence-corrected chi connectivity index (χ0v) is 11.4. The predicted octanol–water partition coefficient (Wildman–Crippen LogP) is 3.87. The van der Waals surface area contributed by atoms with Gasteiger partial charge in [-0.2, -0.15) is 0 Å². The molecule has 0 aliphatic heterocycles. The van der Waals surface area contributed by atoms with Crippen LogP contribution in [0.5, 0.6) is 0 Å². The number of benzene rings is 2. The van der Waals surface area contributed by atoms with Crippen molar-refractivity contribution in [3.05, 3.63) is 74.8 Å². The van der Waals surface area contributed by atoms with E-state index in [9.17, 15) is 20.0 Å². The van der Waals surface area contributed by atoms with Gasteiger partial charge in [-0.3, -0.25) is 10.1 Å². The van der Waals surface area contributed by atoms with Crippen molar-refractivity contribution >= 4 is 34.9 Å². The van der Waals surface area contributed by atoms with E-state index in [2.05, 4.69) is 0 Å². The van der Waals surface area contributed by atoms with Gasteiger partial charge in [0.1, 0.15) is 0 Å². The van der Waals surface area contributed by atoms with Gasteiger partial charge in [-0.05, 0) is 29.8 Å². The van der Waals surface area contributed by atoms with Gasteiger partial charge in [0.15, 0.2) is 0 Å². The van der Waals surface area contributed by atoms with E-state index in [0.29, 0.717) is 10.6 Å². The highest BCUT2D eigenvalue weighted by molar-refractivity contribution is 6.30. The molecule has 0 aliphatic carbocycles. The van der Waals surface area contributed by atoms with Gasteiger partial charge in [0, 0.05) is 11.1 Å². The SMILES string of the molecule is O=C(O)/C(=C/c1cccc(Cl)c1)c1ccccc1[N+](=O)[O-]. The summed E-state index contributed by atoms with van der Waals surface area (Å²) in [5, 5.41) is 20.8. The molecule has 0 amide bonds. The first-order valence-electron chi connectivity index (χ1n) is 5.93. The van der Waals surface area contributed by atoms with Crippen LogP contribution < -0.4 is 0 Å². The maximum atomic E-state index is 11.4. The van der Waals surface area contributed by atoms with Crippen molar-refractivity contribution in [2.75, 3.05) is 0 Å². The van der Waals surface area contributed by atoms with Gasteiger partial charge in [-0.25, -0.2) is 4.79 Å². The largest absolute Gasteiger partial charge is 0.478 e. The average Bonchev–Trinajstić information content (AvgIpc) is 2.44. The number of nitro groups is 1. The minimum atomic E-state index is -1.25. The molecule has 0 radical (unpaired) electrons. The summed E-state index contributed by atoms with van der Waals surface area (Å²) in [6.07, 6.45) is 1.36. The molecule has 0 saturated carbocycles. The van der Waals surface area contributed by atoms with Crippen LogP contribution in [0.1, 0.15) is 11.1 Å². The number of aliphatic carboxylic acids is 1. The summed E-state index contributed by atoms with van der Waals surface area (Å²) in [6, 6.07) is 12.3. The molecule has 1 N–H and O–H groups in total. The zero-order chi connectivity index (χ0) is 15.4. The van der Waals surface area contributed by atoms with Gasteiger partial charge in [0.25, 0.3) is 5.69 Å². The Labute approximate surface area is 125 Å². The number of carbonyl (C=O) groups is 1. The fraction of sp³-hybridized carbons (Fsp3) is 0. The van der Waals surface area contributed by atoms with Crippen LogP contribution >= 0.6 is 11.6 Å².